The highest BCUT2D eigenvalue weighted by Gasteiger charge is 2.14. The standard InChI is InChI=1S/C11H15BrN2O2S2/c1-7(2)6-18(15,16)14-10-4-3-8(11(13)17)5-9(10)12/h3-5,7,14H,6H2,1-2H3,(H2,13,17). The van der Waals surface area contributed by atoms with Gasteiger partial charge >= 0.3 is 0 Å². The van der Waals surface area contributed by atoms with Crippen molar-refractivity contribution in [3.05, 3.63) is 28.2 Å². The Morgan fingerprint density at radius 1 is 1.50 bits per heavy atom. The van der Waals surface area contributed by atoms with Crippen molar-refractivity contribution < 1.29 is 8.42 Å². The van der Waals surface area contributed by atoms with Crippen LogP contribution in [0.3, 0.4) is 0 Å². The van der Waals surface area contributed by atoms with Crippen LogP contribution in [0.15, 0.2) is 22.7 Å². The van der Waals surface area contributed by atoms with Crippen molar-refractivity contribution in [2.75, 3.05) is 10.5 Å². The normalized spacial score (nSPS) is 11.6. The molecule has 0 amide bonds. The minimum Gasteiger partial charge on any atom is -0.389 e. The molecule has 3 N–H and O–H groups in total. The van der Waals surface area contributed by atoms with Crippen LogP contribution in [0.4, 0.5) is 5.69 Å². The highest BCUT2D eigenvalue weighted by molar-refractivity contribution is 9.10. The van der Waals surface area contributed by atoms with Crippen LogP contribution < -0.4 is 10.5 Å². The fourth-order valence-corrected chi connectivity index (χ4v) is 3.61. The van der Waals surface area contributed by atoms with Crippen LogP contribution in [0, 0.1) is 5.92 Å². The molecule has 0 aliphatic carbocycles. The summed E-state index contributed by atoms with van der Waals surface area (Å²) in [5.41, 5.74) is 6.66. The first-order valence-electron chi connectivity index (χ1n) is 5.31. The SMILES string of the molecule is CC(C)CS(=O)(=O)Nc1ccc(C(N)=S)cc1Br. The van der Waals surface area contributed by atoms with Crippen molar-refractivity contribution in [1.82, 2.24) is 0 Å². The zero-order valence-electron chi connectivity index (χ0n) is 10.1. The molecule has 0 radical (unpaired) electrons. The number of benzene rings is 1. The summed E-state index contributed by atoms with van der Waals surface area (Å²) in [5, 5.41) is 0. The number of sulfonamides is 1. The van der Waals surface area contributed by atoms with Crippen molar-refractivity contribution in [2.45, 2.75) is 13.8 Å². The Morgan fingerprint density at radius 2 is 2.11 bits per heavy atom. The van der Waals surface area contributed by atoms with E-state index in [9.17, 15) is 8.42 Å². The summed E-state index contributed by atoms with van der Waals surface area (Å²) in [5.74, 6) is 0.147. The predicted molar refractivity (Wildman–Crippen MR) is 82.3 cm³/mol. The Balaban J connectivity index is 2.96. The van der Waals surface area contributed by atoms with E-state index in [1.54, 1.807) is 18.2 Å². The van der Waals surface area contributed by atoms with Crippen molar-refractivity contribution in [2.24, 2.45) is 11.7 Å². The van der Waals surface area contributed by atoms with E-state index in [4.69, 9.17) is 18.0 Å². The smallest absolute Gasteiger partial charge is 0.233 e. The molecule has 1 aromatic carbocycles. The molecule has 0 bridgehead atoms. The maximum absolute atomic E-state index is 11.8. The van der Waals surface area contributed by atoms with E-state index in [1.807, 2.05) is 13.8 Å². The van der Waals surface area contributed by atoms with Gasteiger partial charge in [0.2, 0.25) is 10.0 Å². The number of halogens is 1. The first-order chi connectivity index (χ1) is 8.21. The van der Waals surface area contributed by atoms with E-state index in [-0.39, 0.29) is 16.7 Å². The zero-order chi connectivity index (χ0) is 13.9. The van der Waals surface area contributed by atoms with Gasteiger partial charge in [-0.05, 0) is 40.0 Å². The number of rotatable bonds is 5. The maximum Gasteiger partial charge on any atom is 0.233 e. The molecule has 0 aromatic heterocycles. The summed E-state index contributed by atoms with van der Waals surface area (Å²) in [7, 11) is -3.33. The monoisotopic (exact) mass is 350 g/mol. The van der Waals surface area contributed by atoms with Crippen LogP contribution in [0.25, 0.3) is 0 Å². The molecule has 18 heavy (non-hydrogen) atoms. The fourth-order valence-electron chi connectivity index (χ4n) is 1.40. The van der Waals surface area contributed by atoms with Gasteiger partial charge in [-0.2, -0.15) is 0 Å². The average Bonchev–Trinajstić information content (AvgIpc) is 2.18. The van der Waals surface area contributed by atoms with Crippen LogP contribution in [0.1, 0.15) is 19.4 Å². The maximum atomic E-state index is 11.8. The second kappa shape index (κ2) is 5.99. The van der Waals surface area contributed by atoms with Crippen LogP contribution in [0.2, 0.25) is 0 Å². The molecule has 0 fully saturated rings. The summed E-state index contributed by atoms with van der Waals surface area (Å²) in [6, 6.07) is 5.01. The molecule has 0 spiro atoms. The number of anilines is 1. The summed E-state index contributed by atoms with van der Waals surface area (Å²) < 4.78 is 26.7. The third-order valence-corrected chi connectivity index (χ3v) is 4.60. The zero-order valence-corrected chi connectivity index (χ0v) is 13.3. The van der Waals surface area contributed by atoms with Gasteiger partial charge in [-0.15, -0.1) is 0 Å². The lowest BCUT2D eigenvalue weighted by Crippen LogP contribution is -2.20. The molecule has 0 aliphatic rings. The largest absolute Gasteiger partial charge is 0.389 e. The van der Waals surface area contributed by atoms with Gasteiger partial charge in [0.05, 0.1) is 11.4 Å². The molecule has 7 heteroatoms. The van der Waals surface area contributed by atoms with E-state index in [1.165, 1.54) is 0 Å². The molecular weight excluding hydrogens is 336 g/mol. The van der Waals surface area contributed by atoms with Crippen LogP contribution in [-0.2, 0) is 10.0 Å². The van der Waals surface area contributed by atoms with Crippen molar-refractivity contribution in [1.29, 1.82) is 0 Å². The molecular formula is C11H15BrN2O2S2. The van der Waals surface area contributed by atoms with Gasteiger partial charge in [0, 0.05) is 10.0 Å². The van der Waals surface area contributed by atoms with E-state index in [2.05, 4.69) is 20.7 Å². The van der Waals surface area contributed by atoms with Crippen molar-refractivity contribution in [3.8, 4) is 0 Å². The Kier molecular flexibility index (Phi) is 5.12. The molecule has 0 heterocycles. The molecule has 0 saturated carbocycles. The van der Waals surface area contributed by atoms with Crippen molar-refractivity contribution in [3.63, 3.8) is 0 Å². The lowest BCUT2D eigenvalue weighted by Gasteiger charge is -2.12. The number of nitrogens with one attached hydrogen (secondary N) is 1. The lowest BCUT2D eigenvalue weighted by molar-refractivity contribution is 0.587. The van der Waals surface area contributed by atoms with Crippen LogP contribution >= 0.6 is 28.1 Å². The minimum atomic E-state index is -3.33. The van der Waals surface area contributed by atoms with Gasteiger partial charge in [0.15, 0.2) is 0 Å². The average molecular weight is 351 g/mol. The van der Waals surface area contributed by atoms with Crippen molar-refractivity contribution >= 4 is 48.8 Å². The lowest BCUT2D eigenvalue weighted by atomic mass is 10.2. The Hall–Kier alpha value is -0.660. The second-order valence-corrected chi connectivity index (χ2v) is 7.40. The number of hydrogen-bond donors (Lipinski definition) is 2. The van der Waals surface area contributed by atoms with Gasteiger partial charge in [-0.1, -0.05) is 26.1 Å². The van der Waals surface area contributed by atoms with Gasteiger partial charge < -0.3 is 5.73 Å². The van der Waals surface area contributed by atoms with E-state index in [0.717, 1.165) is 0 Å². The topological polar surface area (TPSA) is 72.2 Å². The predicted octanol–water partition coefficient (Wildman–Crippen LogP) is 2.48. The second-order valence-electron chi connectivity index (χ2n) is 4.34. The van der Waals surface area contributed by atoms with E-state index < -0.39 is 10.0 Å². The van der Waals surface area contributed by atoms with Gasteiger partial charge in [0.1, 0.15) is 4.99 Å². The third kappa shape index (κ3) is 4.55. The molecule has 0 aliphatic heterocycles. The summed E-state index contributed by atoms with van der Waals surface area (Å²) >= 11 is 8.14. The van der Waals surface area contributed by atoms with Gasteiger partial charge in [-0.3, -0.25) is 4.72 Å². The molecule has 0 atom stereocenters. The highest BCUT2D eigenvalue weighted by atomic mass is 79.9. The number of thiocarbonyl (C=S) groups is 1. The molecule has 0 unspecified atom stereocenters. The Labute approximate surface area is 121 Å². The Morgan fingerprint density at radius 3 is 2.56 bits per heavy atom. The first kappa shape index (κ1) is 15.4. The quantitative estimate of drug-likeness (QED) is 0.800. The molecule has 0 saturated heterocycles. The summed E-state index contributed by atoms with van der Waals surface area (Å²) in [6.07, 6.45) is 0. The highest BCUT2D eigenvalue weighted by Crippen LogP contribution is 2.25. The first-order valence-corrected chi connectivity index (χ1v) is 8.16. The van der Waals surface area contributed by atoms with Gasteiger partial charge in [-0.25, -0.2) is 8.42 Å². The molecule has 1 rings (SSSR count). The molecule has 4 nitrogen and oxygen atoms in total. The van der Waals surface area contributed by atoms with Crippen LogP contribution in [-0.4, -0.2) is 19.2 Å². The molecule has 1 aromatic rings. The van der Waals surface area contributed by atoms with Crippen LogP contribution in [0.5, 0.6) is 0 Å². The summed E-state index contributed by atoms with van der Waals surface area (Å²) in [4.78, 5) is 0.271. The van der Waals surface area contributed by atoms with E-state index in [0.29, 0.717) is 15.7 Å². The van der Waals surface area contributed by atoms with Gasteiger partial charge in [0.25, 0.3) is 0 Å². The fraction of sp³-hybridized carbons (Fsp3) is 0.364. The summed E-state index contributed by atoms with van der Waals surface area (Å²) in [6.45, 7) is 3.70. The van der Waals surface area contributed by atoms with E-state index >= 15 is 0 Å². The number of nitrogens with two attached hydrogens (primary N) is 1. The third-order valence-electron chi connectivity index (χ3n) is 2.07. The minimum absolute atomic E-state index is 0.0668. The molecule has 100 valence electrons. The Bertz CT molecular complexity index is 556. The number of hydrogen-bond acceptors (Lipinski definition) is 3.